The van der Waals surface area contributed by atoms with E-state index in [1.165, 1.54) is 29.0 Å². The van der Waals surface area contributed by atoms with Crippen LogP contribution in [0.15, 0.2) is 77.9 Å². The number of nitrogens with zero attached hydrogens (tertiary/aromatic N) is 2. The van der Waals surface area contributed by atoms with Crippen LogP contribution in [0.1, 0.15) is 30.4 Å². The standard InChI is InChI=1S/C30H33N5O3S/c1-2-24(36)34-16-6-9-21(18-34)32-28(37)27-26-25-23(14-15-31-29(25)39-27)35(30(38)33-26)22-12-10-20(11-13-22)17-19-7-4-3-5-8-19/h2-5,7-8,10-13,21,23,25,29,31H,1,6,9,14-18H2,(H,32,37)(H,33,38)/t21-,23?,25?,29?/m1/s1. The number of amides is 4. The number of likely N-dealkylation sites (tertiary alicyclic amines) is 1. The first-order chi connectivity index (χ1) is 19.0. The first kappa shape index (κ1) is 25.7. The summed E-state index contributed by atoms with van der Waals surface area (Å²) in [6.45, 7) is 5.50. The molecule has 0 saturated carbocycles. The van der Waals surface area contributed by atoms with Crippen LogP contribution in [-0.2, 0) is 16.0 Å². The molecule has 2 aromatic carbocycles. The molecule has 39 heavy (non-hydrogen) atoms. The Balaban J connectivity index is 1.19. The molecular weight excluding hydrogens is 510 g/mol. The summed E-state index contributed by atoms with van der Waals surface area (Å²) in [7, 11) is 0. The second kappa shape index (κ2) is 10.9. The van der Waals surface area contributed by atoms with Crippen LogP contribution in [-0.4, -0.2) is 59.8 Å². The van der Waals surface area contributed by atoms with E-state index in [1.807, 2.05) is 35.2 Å². The highest BCUT2D eigenvalue weighted by Crippen LogP contribution is 2.48. The van der Waals surface area contributed by atoms with Crippen molar-refractivity contribution in [3.63, 3.8) is 0 Å². The van der Waals surface area contributed by atoms with Crippen molar-refractivity contribution < 1.29 is 14.4 Å². The third-order valence-corrected chi connectivity index (χ3v) is 9.41. The van der Waals surface area contributed by atoms with E-state index in [1.54, 1.807) is 4.90 Å². The Morgan fingerprint density at radius 2 is 1.85 bits per heavy atom. The van der Waals surface area contributed by atoms with Crippen molar-refractivity contribution in [2.24, 2.45) is 5.92 Å². The predicted octanol–water partition coefficient (Wildman–Crippen LogP) is 3.36. The van der Waals surface area contributed by atoms with Crippen molar-refractivity contribution in [3.8, 4) is 0 Å². The van der Waals surface area contributed by atoms with Gasteiger partial charge in [0.2, 0.25) is 5.91 Å². The van der Waals surface area contributed by atoms with Gasteiger partial charge < -0.3 is 20.9 Å². The van der Waals surface area contributed by atoms with Gasteiger partial charge in [-0.3, -0.25) is 14.5 Å². The average Bonchev–Trinajstić information content (AvgIpc) is 3.33. The van der Waals surface area contributed by atoms with Gasteiger partial charge >= 0.3 is 6.03 Å². The molecule has 8 nitrogen and oxygen atoms in total. The number of carbonyl (C=O) groups excluding carboxylic acids is 3. The topological polar surface area (TPSA) is 93.8 Å². The van der Waals surface area contributed by atoms with E-state index in [0.717, 1.165) is 43.6 Å². The van der Waals surface area contributed by atoms with Crippen molar-refractivity contribution in [3.05, 3.63) is 89.0 Å². The summed E-state index contributed by atoms with van der Waals surface area (Å²) in [5.41, 5.74) is 4.03. The molecule has 0 spiro atoms. The summed E-state index contributed by atoms with van der Waals surface area (Å²) >= 11 is 1.50. The lowest BCUT2D eigenvalue weighted by atomic mass is 9.86. The Bertz CT molecular complexity index is 1310. The molecule has 0 bridgehead atoms. The molecule has 6 rings (SSSR count). The van der Waals surface area contributed by atoms with Crippen LogP contribution in [0.5, 0.6) is 0 Å². The number of thioether (sulfide) groups is 1. The molecule has 0 aliphatic carbocycles. The van der Waals surface area contributed by atoms with Gasteiger partial charge in [-0.15, -0.1) is 0 Å². The maximum atomic E-state index is 13.5. The first-order valence-corrected chi connectivity index (χ1v) is 14.5. The predicted molar refractivity (Wildman–Crippen MR) is 153 cm³/mol. The van der Waals surface area contributed by atoms with Crippen LogP contribution in [0, 0.1) is 5.92 Å². The second-order valence-electron chi connectivity index (χ2n) is 10.5. The minimum Gasteiger partial charge on any atom is -0.347 e. The van der Waals surface area contributed by atoms with Gasteiger partial charge in [0, 0.05) is 36.4 Å². The summed E-state index contributed by atoms with van der Waals surface area (Å²) < 4.78 is 0. The number of hydrogen-bond donors (Lipinski definition) is 3. The van der Waals surface area contributed by atoms with Crippen LogP contribution in [0.4, 0.5) is 10.5 Å². The zero-order valence-corrected chi connectivity index (χ0v) is 22.6. The van der Waals surface area contributed by atoms with Crippen molar-refractivity contribution in [1.29, 1.82) is 0 Å². The van der Waals surface area contributed by atoms with E-state index >= 15 is 0 Å². The lowest BCUT2D eigenvalue weighted by molar-refractivity contribution is -0.128. The number of piperidine rings is 2. The van der Waals surface area contributed by atoms with Crippen LogP contribution in [0.25, 0.3) is 0 Å². The normalized spacial score (nSPS) is 26.1. The van der Waals surface area contributed by atoms with Gasteiger partial charge in [-0.25, -0.2) is 4.79 Å². The monoisotopic (exact) mass is 543 g/mol. The third kappa shape index (κ3) is 5.08. The maximum absolute atomic E-state index is 13.5. The number of nitrogens with one attached hydrogen (secondary N) is 3. The largest absolute Gasteiger partial charge is 0.347 e. The summed E-state index contributed by atoms with van der Waals surface area (Å²) in [6, 6.07) is 18.2. The Labute approximate surface area is 232 Å². The Morgan fingerprint density at radius 3 is 2.62 bits per heavy atom. The van der Waals surface area contributed by atoms with Gasteiger partial charge in [0.05, 0.1) is 16.3 Å². The van der Waals surface area contributed by atoms with Gasteiger partial charge in [-0.1, -0.05) is 60.8 Å². The highest BCUT2D eigenvalue weighted by Gasteiger charge is 2.51. The van der Waals surface area contributed by atoms with Gasteiger partial charge in [0.15, 0.2) is 0 Å². The Hall–Kier alpha value is -3.56. The molecule has 0 radical (unpaired) electrons. The van der Waals surface area contributed by atoms with Crippen LogP contribution < -0.4 is 20.9 Å². The van der Waals surface area contributed by atoms with E-state index in [4.69, 9.17) is 0 Å². The second-order valence-corrected chi connectivity index (χ2v) is 11.7. The molecule has 0 aromatic heterocycles. The summed E-state index contributed by atoms with van der Waals surface area (Å²) in [4.78, 5) is 43.2. The molecule has 3 unspecified atom stereocenters. The fourth-order valence-electron chi connectivity index (χ4n) is 6.20. The molecule has 4 aliphatic heterocycles. The van der Waals surface area contributed by atoms with E-state index in [9.17, 15) is 14.4 Å². The number of hydrogen-bond acceptors (Lipinski definition) is 5. The quantitative estimate of drug-likeness (QED) is 0.486. The minimum atomic E-state index is -0.198. The number of anilines is 1. The average molecular weight is 544 g/mol. The maximum Gasteiger partial charge on any atom is 0.326 e. The lowest BCUT2D eigenvalue weighted by Gasteiger charge is -2.45. The van der Waals surface area contributed by atoms with Gasteiger partial charge in [-0.05, 0) is 61.6 Å². The molecule has 4 aliphatic rings. The number of urea groups is 1. The summed E-state index contributed by atoms with van der Waals surface area (Å²) in [5, 5.41) is 9.78. The Morgan fingerprint density at radius 1 is 1.08 bits per heavy atom. The molecule has 3 fully saturated rings. The molecule has 4 amide bonds. The third-order valence-electron chi connectivity index (χ3n) is 8.06. The molecular formula is C30H33N5O3S. The Kier molecular flexibility index (Phi) is 7.18. The SMILES string of the molecule is C=CC(=O)N1CCC[C@@H](NC(=O)C2=C3NC(=O)N(c4ccc(Cc5ccccc5)cc4)C4CCNC(S2)C34)C1. The molecule has 2 aromatic rings. The number of benzene rings is 2. The molecule has 4 heterocycles. The van der Waals surface area contributed by atoms with E-state index in [2.05, 4.69) is 46.8 Å². The lowest BCUT2D eigenvalue weighted by Crippen LogP contribution is -2.62. The molecule has 202 valence electrons. The molecule has 3 saturated heterocycles. The molecule has 4 atom stereocenters. The molecule has 3 N–H and O–H groups in total. The van der Waals surface area contributed by atoms with Gasteiger partial charge in [0.1, 0.15) is 0 Å². The smallest absolute Gasteiger partial charge is 0.326 e. The van der Waals surface area contributed by atoms with Gasteiger partial charge in [-0.2, -0.15) is 0 Å². The van der Waals surface area contributed by atoms with E-state index in [-0.39, 0.29) is 41.2 Å². The van der Waals surface area contributed by atoms with Crippen molar-refractivity contribution in [2.45, 2.75) is 43.1 Å². The van der Waals surface area contributed by atoms with Gasteiger partial charge in [0.25, 0.3) is 5.91 Å². The summed E-state index contributed by atoms with van der Waals surface area (Å²) in [5.74, 6) is -0.296. The number of rotatable bonds is 6. The van der Waals surface area contributed by atoms with Crippen molar-refractivity contribution in [2.75, 3.05) is 24.5 Å². The fourth-order valence-corrected chi connectivity index (χ4v) is 7.60. The van der Waals surface area contributed by atoms with Crippen LogP contribution >= 0.6 is 11.8 Å². The van der Waals surface area contributed by atoms with Crippen molar-refractivity contribution in [1.82, 2.24) is 20.9 Å². The van der Waals surface area contributed by atoms with E-state index < -0.39 is 0 Å². The van der Waals surface area contributed by atoms with Crippen LogP contribution in [0.3, 0.4) is 0 Å². The fraction of sp³-hybridized carbons (Fsp3) is 0.367. The first-order valence-electron chi connectivity index (χ1n) is 13.6. The minimum absolute atomic E-state index is 0.00334. The summed E-state index contributed by atoms with van der Waals surface area (Å²) in [6.07, 6.45) is 4.61. The highest BCUT2D eigenvalue weighted by atomic mass is 32.2. The van der Waals surface area contributed by atoms with Crippen LogP contribution in [0.2, 0.25) is 0 Å². The zero-order valence-electron chi connectivity index (χ0n) is 21.8. The zero-order chi connectivity index (χ0) is 26.9. The van der Waals surface area contributed by atoms with E-state index in [0.29, 0.717) is 18.0 Å². The molecule has 9 heteroatoms. The number of carbonyl (C=O) groups is 3. The highest BCUT2D eigenvalue weighted by molar-refractivity contribution is 8.04. The van der Waals surface area contributed by atoms with Crippen molar-refractivity contribution >= 4 is 35.3 Å².